The molecule has 2 aromatic rings. The van der Waals surface area contributed by atoms with Crippen LogP contribution in [0.5, 0.6) is 0 Å². The topological polar surface area (TPSA) is 85.2 Å². The summed E-state index contributed by atoms with van der Waals surface area (Å²) in [6, 6.07) is 0. The number of hydrogen-bond donors (Lipinski definition) is 1. The molecular formula is C17H22N6O2. The maximum absolute atomic E-state index is 12.1. The Kier molecular flexibility index (Phi) is 4.60. The van der Waals surface area contributed by atoms with Crippen LogP contribution < -0.4 is 10.2 Å². The second kappa shape index (κ2) is 7.18. The van der Waals surface area contributed by atoms with Crippen molar-refractivity contribution in [1.82, 2.24) is 19.7 Å². The van der Waals surface area contributed by atoms with Gasteiger partial charge in [0.2, 0.25) is 5.91 Å². The monoisotopic (exact) mass is 342 g/mol. The van der Waals surface area contributed by atoms with Gasteiger partial charge < -0.3 is 15.0 Å². The van der Waals surface area contributed by atoms with E-state index in [2.05, 4.69) is 25.3 Å². The zero-order chi connectivity index (χ0) is 17.1. The molecule has 132 valence electrons. The summed E-state index contributed by atoms with van der Waals surface area (Å²) in [5, 5.41) is 7.11. The van der Waals surface area contributed by atoms with E-state index in [0.29, 0.717) is 24.8 Å². The first-order chi connectivity index (χ1) is 12.3. The summed E-state index contributed by atoms with van der Waals surface area (Å²) >= 11 is 0. The molecule has 0 aromatic carbocycles. The van der Waals surface area contributed by atoms with Crippen molar-refractivity contribution in [3.63, 3.8) is 0 Å². The van der Waals surface area contributed by atoms with E-state index in [9.17, 15) is 4.79 Å². The molecule has 1 atom stereocenters. The lowest BCUT2D eigenvalue weighted by molar-refractivity contribution is -0.119. The summed E-state index contributed by atoms with van der Waals surface area (Å²) in [7, 11) is 0. The first-order valence-electron chi connectivity index (χ1n) is 8.80. The van der Waals surface area contributed by atoms with Crippen LogP contribution in [0.3, 0.4) is 0 Å². The van der Waals surface area contributed by atoms with Crippen molar-refractivity contribution in [1.29, 1.82) is 0 Å². The number of carbonyl (C=O) groups is 1. The molecule has 8 heteroatoms. The van der Waals surface area contributed by atoms with Crippen LogP contribution in [0.2, 0.25) is 0 Å². The van der Waals surface area contributed by atoms with E-state index in [1.54, 1.807) is 17.1 Å². The van der Waals surface area contributed by atoms with Gasteiger partial charge >= 0.3 is 0 Å². The normalized spacial score (nSPS) is 20.6. The predicted molar refractivity (Wildman–Crippen MR) is 92.8 cm³/mol. The highest BCUT2D eigenvalue weighted by Gasteiger charge is 2.23. The summed E-state index contributed by atoms with van der Waals surface area (Å²) in [6.45, 7) is 3.26. The van der Waals surface area contributed by atoms with Gasteiger partial charge in [-0.2, -0.15) is 5.10 Å². The van der Waals surface area contributed by atoms with Gasteiger partial charge in [-0.25, -0.2) is 14.6 Å². The molecule has 0 radical (unpaired) electrons. The average molecular weight is 342 g/mol. The Balaban J connectivity index is 1.41. The Morgan fingerprint density at radius 3 is 2.68 bits per heavy atom. The SMILES string of the molecule is O=C(Nc1cnn(-c2ncc(N3CCCCC3)cn2)c1)[C@@H]1CCOC1. The van der Waals surface area contributed by atoms with Gasteiger partial charge in [0.25, 0.3) is 5.95 Å². The van der Waals surface area contributed by atoms with Crippen molar-refractivity contribution in [2.75, 3.05) is 36.5 Å². The van der Waals surface area contributed by atoms with Crippen LogP contribution in [0.1, 0.15) is 25.7 Å². The van der Waals surface area contributed by atoms with E-state index in [0.717, 1.165) is 25.2 Å². The molecule has 4 heterocycles. The second-order valence-corrected chi connectivity index (χ2v) is 6.51. The summed E-state index contributed by atoms with van der Waals surface area (Å²) in [5.41, 5.74) is 1.69. The molecular weight excluding hydrogens is 320 g/mol. The largest absolute Gasteiger partial charge is 0.381 e. The van der Waals surface area contributed by atoms with Crippen molar-refractivity contribution >= 4 is 17.3 Å². The molecule has 0 bridgehead atoms. The summed E-state index contributed by atoms with van der Waals surface area (Å²) in [5.74, 6) is 0.382. The lowest BCUT2D eigenvalue weighted by Gasteiger charge is -2.28. The minimum absolute atomic E-state index is 0.0292. The average Bonchev–Trinajstić information content (AvgIpc) is 3.35. The van der Waals surface area contributed by atoms with Gasteiger partial charge in [0.1, 0.15) is 0 Å². The van der Waals surface area contributed by atoms with E-state index >= 15 is 0 Å². The Labute approximate surface area is 146 Å². The number of carbonyl (C=O) groups excluding carboxylic acids is 1. The highest BCUT2D eigenvalue weighted by atomic mass is 16.5. The van der Waals surface area contributed by atoms with E-state index in [1.165, 1.54) is 19.3 Å². The van der Waals surface area contributed by atoms with Gasteiger partial charge in [-0.05, 0) is 25.7 Å². The van der Waals surface area contributed by atoms with Crippen molar-refractivity contribution in [2.24, 2.45) is 5.92 Å². The van der Waals surface area contributed by atoms with Crippen LogP contribution in [0.4, 0.5) is 11.4 Å². The Morgan fingerprint density at radius 2 is 1.96 bits per heavy atom. The number of anilines is 2. The van der Waals surface area contributed by atoms with Gasteiger partial charge in [-0.1, -0.05) is 0 Å². The van der Waals surface area contributed by atoms with Crippen LogP contribution in [0.25, 0.3) is 5.95 Å². The molecule has 2 saturated heterocycles. The van der Waals surface area contributed by atoms with E-state index in [-0.39, 0.29) is 11.8 Å². The van der Waals surface area contributed by atoms with Gasteiger partial charge in [-0.3, -0.25) is 4.79 Å². The quantitative estimate of drug-likeness (QED) is 0.909. The number of nitrogens with zero attached hydrogens (tertiary/aromatic N) is 5. The number of ether oxygens (including phenoxy) is 1. The Morgan fingerprint density at radius 1 is 1.16 bits per heavy atom. The van der Waals surface area contributed by atoms with E-state index in [1.807, 2.05) is 12.4 Å². The molecule has 2 aliphatic heterocycles. The molecule has 8 nitrogen and oxygen atoms in total. The van der Waals surface area contributed by atoms with Gasteiger partial charge in [0.05, 0.1) is 48.7 Å². The minimum Gasteiger partial charge on any atom is -0.381 e. The fraction of sp³-hybridized carbons (Fsp3) is 0.529. The van der Waals surface area contributed by atoms with Crippen molar-refractivity contribution < 1.29 is 9.53 Å². The Bertz CT molecular complexity index is 717. The third-order valence-electron chi connectivity index (χ3n) is 4.70. The highest BCUT2D eigenvalue weighted by Crippen LogP contribution is 2.19. The number of rotatable bonds is 4. The zero-order valence-corrected chi connectivity index (χ0v) is 14.1. The molecule has 0 saturated carbocycles. The van der Waals surface area contributed by atoms with Crippen LogP contribution in [0.15, 0.2) is 24.8 Å². The maximum atomic E-state index is 12.1. The number of hydrogen-bond acceptors (Lipinski definition) is 6. The van der Waals surface area contributed by atoms with Gasteiger partial charge in [0, 0.05) is 19.7 Å². The van der Waals surface area contributed by atoms with E-state index in [4.69, 9.17) is 4.74 Å². The third kappa shape index (κ3) is 3.63. The van der Waals surface area contributed by atoms with Crippen LogP contribution in [-0.2, 0) is 9.53 Å². The number of piperidine rings is 1. The smallest absolute Gasteiger partial charge is 0.250 e. The lowest BCUT2D eigenvalue weighted by atomic mass is 10.1. The van der Waals surface area contributed by atoms with Crippen molar-refractivity contribution in [3.8, 4) is 5.95 Å². The molecule has 1 amide bonds. The molecule has 0 unspecified atom stereocenters. The Hall–Kier alpha value is -2.48. The molecule has 2 aliphatic rings. The fourth-order valence-electron chi connectivity index (χ4n) is 3.23. The first kappa shape index (κ1) is 16.0. The zero-order valence-electron chi connectivity index (χ0n) is 14.1. The van der Waals surface area contributed by atoms with Crippen molar-refractivity contribution in [2.45, 2.75) is 25.7 Å². The van der Waals surface area contributed by atoms with Crippen molar-refractivity contribution in [3.05, 3.63) is 24.8 Å². The number of aromatic nitrogens is 4. The number of nitrogens with one attached hydrogen (secondary N) is 1. The molecule has 25 heavy (non-hydrogen) atoms. The minimum atomic E-state index is -0.0802. The predicted octanol–water partition coefficient (Wildman–Crippen LogP) is 1.63. The highest BCUT2D eigenvalue weighted by molar-refractivity contribution is 5.92. The molecule has 2 fully saturated rings. The lowest BCUT2D eigenvalue weighted by Crippen LogP contribution is -2.29. The van der Waals surface area contributed by atoms with Crippen LogP contribution in [-0.4, -0.2) is 52.0 Å². The molecule has 2 aromatic heterocycles. The van der Waals surface area contributed by atoms with Crippen LogP contribution in [0, 0.1) is 5.92 Å². The first-order valence-corrected chi connectivity index (χ1v) is 8.80. The van der Waals surface area contributed by atoms with E-state index < -0.39 is 0 Å². The molecule has 4 rings (SSSR count). The molecule has 0 aliphatic carbocycles. The standard InChI is InChI=1S/C17H22N6O2/c24-16(13-4-7-25-12-13)21-14-8-20-23(11-14)17-18-9-15(10-19-17)22-5-2-1-3-6-22/h8-11,13H,1-7,12H2,(H,21,24)/t13-/m1/s1. The molecule has 0 spiro atoms. The summed E-state index contributed by atoms with van der Waals surface area (Å²) in [4.78, 5) is 23.2. The third-order valence-corrected chi connectivity index (χ3v) is 4.70. The second-order valence-electron chi connectivity index (χ2n) is 6.51. The maximum Gasteiger partial charge on any atom is 0.250 e. The summed E-state index contributed by atoms with van der Waals surface area (Å²) < 4.78 is 6.82. The van der Waals surface area contributed by atoms with Gasteiger partial charge in [-0.15, -0.1) is 0 Å². The fourth-order valence-corrected chi connectivity index (χ4v) is 3.23. The van der Waals surface area contributed by atoms with Crippen LogP contribution >= 0.6 is 0 Å². The van der Waals surface area contributed by atoms with Gasteiger partial charge in [0.15, 0.2) is 0 Å². The number of amides is 1. The summed E-state index contributed by atoms with van der Waals surface area (Å²) in [6.07, 6.45) is 11.5. The molecule has 1 N–H and O–H groups in total.